The van der Waals surface area contributed by atoms with Crippen LogP contribution < -0.4 is 0 Å². The van der Waals surface area contributed by atoms with E-state index in [4.69, 9.17) is 5.11 Å². The van der Waals surface area contributed by atoms with Gasteiger partial charge in [0.15, 0.2) is 0 Å². The van der Waals surface area contributed by atoms with Crippen molar-refractivity contribution in [2.24, 2.45) is 0 Å². The fourth-order valence-electron chi connectivity index (χ4n) is 2.22. The largest absolute Gasteiger partial charge is 0.481 e. The number of benzene rings is 1. The lowest BCUT2D eigenvalue weighted by molar-refractivity contribution is -0.137. The number of carboxylic acids is 1. The minimum atomic E-state index is -0.690. The van der Waals surface area contributed by atoms with Gasteiger partial charge in [0.05, 0.1) is 6.42 Å². The number of hydrogen-bond donors (Lipinski definition) is 1. The second kappa shape index (κ2) is 4.13. The molecular formula is C13H16O2S. The normalized spacial score (nSPS) is 17.1. The highest BCUT2D eigenvalue weighted by Gasteiger charge is 2.47. The highest BCUT2D eigenvalue weighted by molar-refractivity contribution is 7.98. The monoisotopic (exact) mass is 236 g/mol. The number of carboxylic acid groups (broad SMARTS) is 1. The molecule has 0 saturated heterocycles. The number of carbonyl (C=O) groups is 1. The Bertz CT molecular complexity index is 422. The predicted octanol–water partition coefficient (Wildman–Crippen LogP) is 3.22. The average molecular weight is 236 g/mol. The summed E-state index contributed by atoms with van der Waals surface area (Å²) in [5.41, 5.74) is 2.39. The molecule has 0 atom stereocenters. The van der Waals surface area contributed by atoms with E-state index in [1.54, 1.807) is 11.8 Å². The summed E-state index contributed by atoms with van der Waals surface area (Å²) in [5, 5.41) is 8.96. The lowest BCUT2D eigenvalue weighted by Crippen LogP contribution is -2.14. The van der Waals surface area contributed by atoms with Crippen molar-refractivity contribution in [3.8, 4) is 0 Å². The summed E-state index contributed by atoms with van der Waals surface area (Å²) in [7, 11) is 0. The molecule has 0 amide bonds. The number of aliphatic carboxylic acids is 1. The van der Waals surface area contributed by atoms with E-state index in [2.05, 4.69) is 31.4 Å². The van der Waals surface area contributed by atoms with Crippen molar-refractivity contribution < 1.29 is 9.90 Å². The van der Waals surface area contributed by atoms with Crippen LogP contribution in [0.1, 0.15) is 30.4 Å². The Morgan fingerprint density at radius 1 is 1.50 bits per heavy atom. The lowest BCUT2D eigenvalue weighted by Gasteiger charge is -2.17. The zero-order chi connectivity index (χ0) is 11.8. The summed E-state index contributed by atoms with van der Waals surface area (Å²) in [6.45, 7) is 2.07. The lowest BCUT2D eigenvalue weighted by atomic mass is 9.92. The van der Waals surface area contributed by atoms with Gasteiger partial charge in [-0.05, 0) is 37.7 Å². The van der Waals surface area contributed by atoms with Gasteiger partial charge >= 0.3 is 5.97 Å². The molecule has 2 nitrogen and oxygen atoms in total. The first-order chi connectivity index (χ1) is 7.57. The first kappa shape index (κ1) is 11.5. The quantitative estimate of drug-likeness (QED) is 0.816. The Kier molecular flexibility index (Phi) is 2.98. The molecule has 0 aliphatic heterocycles. The third-order valence-electron chi connectivity index (χ3n) is 3.27. The topological polar surface area (TPSA) is 37.3 Å². The maximum atomic E-state index is 10.9. The fourth-order valence-corrected chi connectivity index (χ4v) is 3.03. The summed E-state index contributed by atoms with van der Waals surface area (Å²) < 4.78 is 0. The molecule has 2 rings (SSSR count). The van der Waals surface area contributed by atoms with Gasteiger partial charge < -0.3 is 5.11 Å². The SMILES string of the molecule is CSc1cc(C)ccc1C1(CC(=O)O)CC1. The van der Waals surface area contributed by atoms with Gasteiger partial charge in [0.1, 0.15) is 0 Å². The van der Waals surface area contributed by atoms with Gasteiger partial charge in [0, 0.05) is 10.3 Å². The zero-order valence-corrected chi connectivity index (χ0v) is 10.4. The van der Waals surface area contributed by atoms with Crippen molar-refractivity contribution in [3.05, 3.63) is 29.3 Å². The van der Waals surface area contributed by atoms with E-state index in [0.29, 0.717) is 0 Å². The van der Waals surface area contributed by atoms with Crippen LogP contribution in [0.2, 0.25) is 0 Å². The van der Waals surface area contributed by atoms with Crippen LogP contribution in [0.4, 0.5) is 0 Å². The zero-order valence-electron chi connectivity index (χ0n) is 9.62. The summed E-state index contributed by atoms with van der Waals surface area (Å²) >= 11 is 1.71. The molecule has 1 aromatic rings. The van der Waals surface area contributed by atoms with E-state index in [1.807, 2.05) is 0 Å². The first-order valence-electron chi connectivity index (χ1n) is 5.44. The minimum absolute atomic E-state index is 0.0716. The molecule has 1 fully saturated rings. The predicted molar refractivity (Wildman–Crippen MR) is 66.1 cm³/mol. The van der Waals surface area contributed by atoms with Crippen LogP contribution in [0.25, 0.3) is 0 Å². The van der Waals surface area contributed by atoms with Crippen molar-refractivity contribution >= 4 is 17.7 Å². The number of hydrogen-bond acceptors (Lipinski definition) is 2. The number of rotatable bonds is 4. The highest BCUT2D eigenvalue weighted by atomic mass is 32.2. The highest BCUT2D eigenvalue weighted by Crippen LogP contribution is 2.53. The second-order valence-corrected chi connectivity index (χ2v) is 5.40. The minimum Gasteiger partial charge on any atom is -0.481 e. The van der Waals surface area contributed by atoms with E-state index in [0.717, 1.165) is 12.8 Å². The van der Waals surface area contributed by atoms with Gasteiger partial charge in [-0.2, -0.15) is 0 Å². The van der Waals surface area contributed by atoms with Crippen LogP contribution in [-0.4, -0.2) is 17.3 Å². The molecule has 1 aliphatic rings. The van der Waals surface area contributed by atoms with Crippen LogP contribution in [0.15, 0.2) is 23.1 Å². The van der Waals surface area contributed by atoms with Crippen molar-refractivity contribution in [2.45, 2.75) is 36.5 Å². The van der Waals surface area contributed by atoms with Crippen molar-refractivity contribution in [3.63, 3.8) is 0 Å². The molecule has 0 heterocycles. The summed E-state index contributed by atoms with van der Waals surface area (Å²) in [6, 6.07) is 6.34. The Morgan fingerprint density at radius 2 is 2.19 bits per heavy atom. The molecule has 1 N–H and O–H groups in total. The summed E-state index contributed by atoms with van der Waals surface area (Å²) in [6.07, 6.45) is 4.34. The fraction of sp³-hybridized carbons (Fsp3) is 0.462. The molecule has 0 bridgehead atoms. The van der Waals surface area contributed by atoms with Gasteiger partial charge in [-0.25, -0.2) is 0 Å². The first-order valence-corrected chi connectivity index (χ1v) is 6.67. The van der Waals surface area contributed by atoms with Gasteiger partial charge in [0.25, 0.3) is 0 Å². The van der Waals surface area contributed by atoms with Crippen molar-refractivity contribution in [1.82, 2.24) is 0 Å². The molecule has 1 aromatic carbocycles. The van der Waals surface area contributed by atoms with Crippen LogP contribution in [0, 0.1) is 6.92 Å². The third kappa shape index (κ3) is 2.09. The smallest absolute Gasteiger partial charge is 0.304 e. The summed E-state index contributed by atoms with van der Waals surface area (Å²) in [5.74, 6) is -0.690. The van der Waals surface area contributed by atoms with E-state index in [9.17, 15) is 4.79 Å². The Balaban J connectivity index is 2.36. The Morgan fingerprint density at radius 3 is 2.69 bits per heavy atom. The third-order valence-corrected chi connectivity index (χ3v) is 4.05. The van der Waals surface area contributed by atoms with Gasteiger partial charge in [-0.15, -0.1) is 11.8 Å². The van der Waals surface area contributed by atoms with Crippen molar-refractivity contribution in [2.75, 3.05) is 6.26 Å². The average Bonchev–Trinajstić information content (AvgIpc) is 2.97. The van der Waals surface area contributed by atoms with Crippen LogP contribution in [-0.2, 0) is 10.2 Å². The molecular weight excluding hydrogens is 220 g/mol. The second-order valence-electron chi connectivity index (χ2n) is 4.55. The Labute approximate surface area is 100 Å². The molecule has 16 heavy (non-hydrogen) atoms. The van der Waals surface area contributed by atoms with E-state index >= 15 is 0 Å². The number of thioether (sulfide) groups is 1. The summed E-state index contributed by atoms with van der Waals surface area (Å²) in [4.78, 5) is 12.1. The van der Waals surface area contributed by atoms with Crippen molar-refractivity contribution in [1.29, 1.82) is 0 Å². The van der Waals surface area contributed by atoms with E-state index in [1.165, 1.54) is 16.0 Å². The molecule has 1 aliphatic carbocycles. The molecule has 0 spiro atoms. The van der Waals surface area contributed by atoms with Crippen LogP contribution in [0.5, 0.6) is 0 Å². The van der Waals surface area contributed by atoms with Gasteiger partial charge in [-0.1, -0.05) is 17.7 Å². The molecule has 1 saturated carbocycles. The molecule has 3 heteroatoms. The van der Waals surface area contributed by atoms with E-state index < -0.39 is 5.97 Å². The van der Waals surface area contributed by atoms with Crippen LogP contribution in [0.3, 0.4) is 0 Å². The molecule has 86 valence electrons. The van der Waals surface area contributed by atoms with Gasteiger partial charge in [-0.3, -0.25) is 4.79 Å². The molecule has 0 aromatic heterocycles. The Hall–Kier alpha value is -0.960. The maximum Gasteiger partial charge on any atom is 0.304 e. The maximum absolute atomic E-state index is 10.9. The molecule has 0 radical (unpaired) electrons. The number of aryl methyl sites for hydroxylation is 1. The van der Waals surface area contributed by atoms with Gasteiger partial charge in [0.2, 0.25) is 0 Å². The van der Waals surface area contributed by atoms with E-state index in [-0.39, 0.29) is 11.8 Å². The van der Waals surface area contributed by atoms with Crippen LogP contribution >= 0.6 is 11.8 Å². The molecule has 0 unspecified atom stereocenters. The standard InChI is InChI=1S/C13H16O2S/c1-9-3-4-10(11(7-9)16-2)13(5-6-13)8-12(14)15/h3-4,7H,5-6,8H2,1-2H3,(H,14,15).